The van der Waals surface area contributed by atoms with E-state index in [9.17, 15) is 9.90 Å². The molecule has 2 aliphatic carbocycles. The third-order valence-corrected chi connectivity index (χ3v) is 7.08. The number of rotatable bonds is 3. The topological polar surface area (TPSA) is 40.5 Å². The van der Waals surface area contributed by atoms with Crippen LogP contribution in [0.3, 0.4) is 0 Å². The second-order valence-corrected chi connectivity index (χ2v) is 9.35. The lowest BCUT2D eigenvalue weighted by molar-refractivity contribution is -0.161. The average Bonchev–Trinajstić information content (AvgIpc) is 2.96. The van der Waals surface area contributed by atoms with Gasteiger partial charge in [-0.15, -0.1) is 0 Å². The SMILES string of the molecule is CCc1cc([C@@H]2CCC3(C2)CN(C(=O)C2CC(C)(O)C2)C3)ccc1Cl. The van der Waals surface area contributed by atoms with Gasteiger partial charge in [0.05, 0.1) is 5.60 Å². The fraction of sp³-hybridized carbons (Fsp3) is 0.667. The van der Waals surface area contributed by atoms with Crippen LogP contribution in [-0.4, -0.2) is 34.6 Å². The van der Waals surface area contributed by atoms with Crippen molar-refractivity contribution in [3.8, 4) is 0 Å². The molecule has 2 saturated carbocycles. The van der Waals surface area contributed by atoms with E-state index in [4.69, 9.17) is 11.6 Å². The predicted molar refractivity (Wildman–Crippen MR) is 99.8 cm³/mol. The highest BCUT2D eigenvalue weighted by Gasteiger charge is 2.53. The van der Waals surface area contributed by atoms with Gasteiger partial charge in [0.15, 0.2) is 0 Å². The molecule has 25 heavy (non-hydrogen) atoms. The number of carbonyl (C=O) groups excluding carboxylic acids is 1. The van der Waals surface area contributed by atoms with Gasteiger partial charge in [-0.05, 0) is 68.6 Å². The predicted octanol–water partition coefficient (Wildman–Crippen LogP) is 4.16. The number of hydrogen-bond acceptors (Lipinski definition) is 2. The molecule has 3 fully saturated rings. The molecular weight excluding hydrogens is 334 g/mol. The van der Waals surface area contributed by atoms with Crippen LogP contribution in [0, 0.1) is 11.3 Å². The molecule has 0 radical (unpaired) electrons. The number of halogens is 1. The van der Waals surface area contributed by atoms with Gasteiger partial charge in [0.25, 0.3) is 0 Å². The summed E-state index contributed by atoms with van der Waals surface area (Å²) in [7, 11) is 0. The highest BCUT2D eigenvalue weighted by molar-refractivity contribution is 6.31. The first-order valence-electron chi connectivity index (χ1n) is 9.60. The zero-order valence-corrected chi connectivity index (χ0v) is 16.0. The quantitative estimate of drug-likeness (QED) is 0.878. The summed E-state index contributed by atoms with van der Waals surface area (Å²) in [5.41, 5.74) is 2.37. The molecule has 0 bridgehead atoms. The summed E-state index contributed by atoms with van der Waals surface area (Å²) in [6.45, 7) is 5.80. The Morgan fingerprint density at radius 2 is 2.04 bits per heavy atom. The molecule has 1 aromatic carbocycles. The van der Waals surface area contributed by atoms with Crippen LogP contribution in [0.25, 0.3) is 0 Å². The number of aryl methyl sites for hydroxylation is 1. The van der Waals surface area contributed by atoms with Gasteiger partial charge in [0, 0.05) is 29.4 Å². The van der Waals surface area contributed by atoms with E-state index < -0.39 is 5.60 Å². The Hall–Kier alpha value is -1.06. The van der Waals surface area contributed by atoms with Crippen LogP contribution < -0.4 is 0 Å². The molecule has 4 heteroatoms. The maximum atomic E-state index is 12.5. The number of nitrogens with zero attached hydrogens (tertiary/aromatic N) is 1. The van der Waals surface area contributed by atoms with Crippen molar-refractivity contribution in [1.29, 1.82) is 0 Å². The van der Waals surface area contributed by atoms with Crippen molar-refractivity contribution in [2.24, 2.45) is 11.3 Å². The maximum absolute atomic E-state index is 12.5. The van der Waals surface area contributed by atoms with E-state index in [1.165, 1.54) is 30.4 Å². The molecule has 1 aliphatic heterocycles. The van der Waals surface area contributed by atoms with Crippen LogP contribution in [0.15, 0.2) is 18.2 Å². The summed E-state index contributed by atoms with van der Waals surface area (Å²) in [5.74, 6) is 0.914. The molecular formula is C21H28ClNO2. The number of aliphatic hydroxyl groups is 1. The standard InChI is InChI=1S/C21H28ClNO2/c1-3-14-8-15(4-5-18(14)22)16-6-7-21(11-16)12-23(13-21)19(24)17-9-20(2,25)10-17/h4-5,8,16-17,25H,3,6-7,9-13H2,1-2H3/t16-,17?,20?/m1/s1. The zero-order valence-electron chi connectivity index (χ0n) is 15.2. The van der Waals surface area contributed by atoms with Gasteiger partial charge in [-0.3, -0.25) is 4.79 Å². The Kier molecular flexibility index (Phi) is 4.16. The number of amides is 1. The summed E-state index contributed by atoms with van der Waals surface area (Å²) in [6.07, 6.45) is 5.84. The van der Waals surface area contributed by atoms with Crippen LogP contribution >= 0.6 is 11.6 Å². The van der Waals surface area contributed by atoms with Crippen molar-refractivity contribution in [2.75, 3.05) is 13.1 Å². The smallest absolute Gasteiger partial charge is 0.225 e. The Labute approximate surface area is 155 Å². The van der Waals surface area contributed by atoms with Gasteiger partial charge in [-0.2, -0.15) is 0 Å². The zero-order chi connectivity index (χ0) is 17.8. The number of carbonyl (C=O) groups is 1. The molecule has 1 aromatic rings. The fourth-order valence-electron chi connectivity index (χ4n) is 5.25. The van der Waals surface area contributed by atoms with Gasteiger partial charge < -0.3 is 10.0 Å². The summed E-state index contributed by atoms with van der Waals surface area (Å²) in [5, 5.41) is 10.7. The number of hydrogen-bond donors (Lipinski definition) is 1. The van der Waals surface area contributed by atoms with E-state index >= 15 is 0 Å². The fourth-order valence-corrected chi connectivity index (χ4v) is 5.50. The molecule has 136 valence electrons. The van der Waals surface area contributed by atoms with Gasteiger partial charge >= 0.3 is 0 Å². The first-order chi connectivity index (χ1) is 11.8. The van der Waals surface area contributed by atoms with E-state index in [0.717, 1.165) is 24.5 Å². The second kappa shape index (κ2) is 5.99. The Morgan fingerprint density at radius 3 is 2.68 bits per heavy atom. The van der Waals surface area contributed by atoms with E-state index in [2.05, 4.69) is 19.1 Å². The molecule has 0 unspecified atom stereocenters. The molecule has 1 atom stereocenters. The first-order valence-corrected chi connectivity index (χ1v) is 9.98. The molecule has 1 amide bonds. The Morgan fingerprint density at radius 1 is 1.32 bits per heavy atom. The average molecular weight is 362 g/mol. The molecule has 0 aromatic heterocycles. The van der Waals surface area contributed by atoms with E-state index in [1.54, 1.807) is 0 Å². The maximum Gasteiger partial charge on any atom is 0.225 e. The lowest BCUT2D eigenvalue weighted by Gasteiger charge is -2.52. The van der Waals surface area contributed by atoms with Crippen LogP contribution in [0.2, 0.25) is 5.02 Å². The Balaban J connectivity index is 1.35. The molecule has 1 N–H and O–H groups in total. The van der Waals surface area contributed by atoms with E-state index in [-0.39, 0.29) is 11.8 Å². The summed E-state index contributed by atoms with van der Waals surface area (Å²) >= 11 is 6.26. The summed E-state index contributed by atoms with van der Waals surface area (Å²) < 4.78 is 0. The van der Waals surface area contributed by atoms with Crippen molar-refractivity contribution < 1.29 is 9.90 Å². The number of benzene rings is 1. The molecule has 3 nitrogen and oxygen atoms in total. The van der Waals surface area contributed by atoms with Crippen molar-refractivity contribution in [1.82, 2.24) is 4.90 Å². The van der Waals surface area contributed by atoms with Gasteiger partial charge in [-0.25, -0.2) is 0 Å². The normalized spacial score (nSPS) is 33.2. The van der Waals surface area contributed by atoms with E-state index in [1.807, 2.05) is 17.9 Å². The van der Waals surface area contributed by atoms with Gasteiger partial charge in [0.2, 0.25) is 5.91 Å². The van der Waals surface area contributed by atoms with Gasteiger partial charge in [0.1, 0.15) is 0 Å². The summed E-state index contributed by atoms with van der Waals surface area (Å²) in [6, 6.07) is 6.51. The van der Waals surface area contributed by atoms with Crippen molar-refractivity contribution in [3.05, 3.63) is 34.3 Å². The van der Waals surface area contributed by atoms with Crippen molar-refractivity contribution >= 4 is 17.5 Å². The monoisotopic (exact) mass is 361 g/mol. The molecule has 4 rings (SSSR count). The minimum atomic E-state index is -0.618. The van der Waals surface area contributed by atoms with Crippen LogP contribution in [0.4, 0.5) is 0 Å². The highest BCUT2D eigenvalue weighted by Crippen LogP contribution is 2.53. The van der Waals surface area contributed by atoms with Crippen LogP contribution in [0.5, 0.6) is 0 Å². The minimum Gasteiger partial charge on any atom is -0.390 e. The molecule has 1 saturated heterocycles. The first kappa shape index (κ1) is 17.4. The number of likely N-dealkylation sites (tertiary alicyclic amines) is 1. The highest BCUT2D eigenvalue weighted by atomic mass is 35.5. The minimum absolute atomic E-state index is 0.0490. The second-order valence-electron chi connectivity index (χ2n) is 8.94. The lowest BCUT2D eigenvalue weighted by atomic mass is 9.69. The third-order valence-electron chi connectivity index (χ3n) is 6.71. The largest absolute Gasteiger partial charge is 0.390 e. The van der Waals surface area contributed by atoms with Crippen molar-refractivity contribution in [3.63, 3.8) is 0 Å². The Bertz CT molecular complexity index is 685. The van der Waals surface area contributed by atoms with Crippen LogP contribution in [-0.2, 0) is 11.2 Å². The molecule has 3 aliphatic rings. The summed E-state index contributed by atoms with van der Waals surface area (Å²) in [4.78, 5) is 14.5. The van der Waals surface area contributed by atoms with Gasteiger partial charge in [-0.1, -0.05) is 30.7 Å². The third kappa shape index (κ3) is 3.10. The van der Waals surface area contributed by atoms with Crippen LogP contribution in [0.1, 0.15) is 63.0 Å². The van der Waals surface area contributed by atoms with E-state index in [0.29, 0.717) is 24.2 Å². The lowest BCUT2D eigenvalue weighted by Crippen LogP contribution is -2.61. The van der Waals surface area contributed by atoms with Crippen molar-refractivity contribution in [2.45, 2.75) is 63.9 Å². The molecule has 1 heterocycles. The molecule has 1 spiro atoms.